The SMILES string of the molecule is CON(C)C(=O)C(C)Oc1ccccc1Cl. The summed E-state index contributed by atoms with van der Waals surface area (Å²) in [6, 6.07) is 6.99. The molecule has 0 saturated carbocycles. The van der Waals surface area contributed by atoms with E-state index in [1.807, 2.05) is 0 Å². The number of hydrogen-bond donors (Lipinski definition) is 0. The molecule has 0 fully saturated rings. The number of benzene rings is 1. The average molecular weight is 244 g/mol. The van der Waals surface area contributed by atoms with Gasteiger partial charge in [0, 0.05) is 7.05 Å². The Balaban J connectivity index is 2.68. The molecule has 0 aliphatic carbocycles. The van der Waals surface area contributed by atoms with Crippen LogP contribution in [0.25, 0.3) is 0 Å². The van der Waals surface area contributed by atoms with Crippen LogP contribution in [0.1, 0.15) is 6.92 Å². The Morgan fingerprint density at radius 3 is 2.62 bits per heavy atom. The van der Waals surface area contributed by atoms with Crippen LogP contribution in [0.4, 0.5) is 0 Å². The molecule has 1 amide bonds. The molecule has 0 spiro atoms. The normalized spacial score (nSPS) is 12.0. The van der Waals surface area contributed by atoms with E-state index in [4.69, 9.17) is 21.2 Å². The van der Waals surface area contributed by atoms with Crippen molar-refractivity contribution in [1.82, 2.24) is 5.06 Å². The van der Waals surface area contributed by atoms with Crippen LogP contribution < -0.4 is 4.74 Å². The van der Waals surface area contributed by atoms with Crippen molar-refractivity contribution in [3.8, 4) is 5.75 Å². The second kappa shape index (κ2) is 5.72. The molecule has 0 aliphatic heterocycles. The summed E-state index contributed by atoms with van der Waals surface area (Å²) in [5.41, 5.74) is 0. The molecule has 4 nitrogen and oxygen atoms in total. The van der Waals surface area contributed by atoms with Crippen LogP contribution in [0.15, 0.2) is 24.3 Å². The lowest BCUT2D eigenvalue weighted by Gasteiger charge is -2.20. The number of amides is 1. The Hall–Kier alpha value is -1.26. The van der Waals surface area contributed by atoms with Crippen molar-refractivity contribution < 1.29 is 14.4 Å². The summed E-state index contributed by atoms with van der Waals surface area (Å²) in [5, 5.41) is 1.59. The van der Waals surface area contributed by atoms with Gasteiger partial charge in [-0.25, -0.2) is 5.06 Å². The van der Waals surface area contributed by atoms with Gasteiger partial charge in [0.15, 0.2) is 6.10 Å². The van der Waals surface area contributed by atoms with Crippen LogP contribution in [0.3, 0.4) is 0 Å². The zero-order chi connectivity index (χ0) is 12.1. The largest absolute Gasteiger partial charge is 0.479 e. The average Bonchev–Trinajstić information content (AvgIpc) is 2.30. The highest BCUT2D eigenvalue weighted by molar-refractivity contribution is 6.32. The summed E-state index contributed by atoms with van der Waals surface area (Å²) in [6.07, 6.45) is -0.648. The second-order valence-electron chi connectivity index (χ2n) is 3.21. The van der Waals surface area contributed by atoms with E-state index in [0.29, 0.717) is 10.8 Å². The van der Waals surface area contributed by atoms with E-state index in [1.165, 1.54) is 14.2 Å². The number of likely N-dealkylation sites (N-methyl/N-ethyl adjacent to an activating group) is 1. The summed E-state index contributed by atoms with van der Waals surface area (Å²) < 4.78 is 5.43. The van der Waals surface area contributed by atoms with E-state index in [0.717, 1.165) is 5.06 Å². The smallest absolute Gasteiger partial charge is 0.286 e. The van der Waals surface area contributed by atoms with Gasteiger partial charge in [0.1, 0.15) is 5.75 Å². The molecule has 16 heavy (non-hydrogen) atoms. The zero-order valence-corrected chi connectivity index (χ0v) is 10.2. The fourth-order valence-electron chi connectivity index (χ4n) is 1.13. The molecule has 5 heteroatoms. The highest BCUT2D eigenvalue weighted by Crippen LogP contribution is 2.24. The number of carbonyl (C=O) groups excluding carboxylic acids is 1. The number of para-hydroxylation sites is 1. The first-order valence-corrected chi connectivity index (χ1v) is 5.17. The molecule has 1 aromatic carbocycles. The van der Waals surface area contributed by atoms with Gasteiger partial charge in [-0.1, -0.05) is 23.7 Å². The fourth-order valence-corrected chi connectivity index (χ4v) is 1.31. The van der Waals surface area contributed by atoms with Gasteiger partial charge in [0.2, 0.25) is 0 Å². The molecule has 1 aromatic rings. The summed E-state index contributed by atoms with van der Waals surface area (Å²) in [6.45, 7) is 1.64. The van der Waals surface area contributed by atoms with Crippen LogP contribution in [-0.2, 0) is 9.63 Å². The van der Waals surface area contributed by atoms with Gasteiger partial charge in [-0.05, 0) is 19.1 Å². The van der Waals surface area contributed by atoms with Crippen LogP contribution in [0, 0.1) is 0 Å². The molecule has 1 rings (SSSR count). The maximum absolute atomic E-state index is 11.6. The standard InChI is InChI=1S/C11H14ClNO3/c1-8(11(14)13(2)15-3)16-10-7-5-4-6-9(10)12/h4-8H,1-3H3. The lowest BCUT2D eigenvalue weighted by atomic mass is 10.3. The predicted molar refractivity (Wildman–Crippen MR) is 61.3 cm³/mol. The lowest BCUT2D eigenvalue weighted by molar-refractivity contribution is -0.175. The fraction of sp³-hybridized carbons (Fsp3) is 0.364. The minimum atomic E-state index is -0.648. The third-order valence-electron chi connectivity index (χ3n) is 2.07. The first-order valence-electron chi connectivity index (χ1n) is 4.79. The Morgan fingerprint density at radius 2 is 2.06 bits per heavy atom. The Morgan fingerprint density at radius 1 is 1.44 bits per heavy atom. The molecule has 0 aliphatic rings. The predicted octanol–water partition coefficient (Wildman–Crippen LogP) is 2.13. The number of ether oxygens (including phenoxy) is 1. The van der Waals surface area contributed by atoms with Gasteiger partial charge in [-0.2, -0.15) is 0 Å². The lowest BCUT2D eigenvalue weighted by Crippen LogP contribution is -2.37. The van der Waals surface area contributed by atoms with Crippen molar-refractivity contribution in [3.05, 3.63) is 29.3 Å². The van der Waals surface area contributed by atoms with Gasteiger partial charge >= 0.3 is 0 Å². The van der Waals surface area contributed by atoms with Crippen LogP contribution >= 0.6 is 11.6 Å². The third kappa shape index (κ3) is 3.12. The Kier molecular flexibility index (Phi) is 4.58. The summed E-state index contributed by atoms with van der Waals surface area (Å²) in [7, 11) is 2.94. The van der Waals surface area contributed by atoms with Gasteiger partial charge < -0.3 is 4.74 Å². The molecule has 0 saturated heterocycles. The van der Waals surface area contributed by atoms with E-state index < -0.39 is 6.10 Å². The van der Waals surface area contributed by atoms with Crippen molar-refractivity contribution >= 4 is 17.5 Å². The molecule has 0 aromatic heterocycles. The van der Waals surface area contributed by atoms with Crippen LogP contribution in [0.2, 0.25) is 5.02 Å². The topological polar surface area (TPSA) is 38.8 Å². The minimum absolute atomic E-state index is 0.276. The molecule has 0 heterocycles. The van der Waals surface area contributed by atoms with E-state index in [9.17, 15) is 4.79 Å². The number of hydroxylamine groups is 2. The highest BCUT2D eigenvalue weighted by Gasteiger charge is 2.19. The van der Waals surface area contributed by atoms with Crippen LogP contribution in [-0.4, -0.2) is 31.2 Å². The molecule has 0 bridgehead atoms. The molecule has 0 N–H and O–H groups in total. The zero-order valence-electron chi connectivity index (χ0n) is 9.44. The quantitative estimate of drug-likeness (QED) is 0.761. The second-order valence-corrected chi connectivity index (χ2v) is 3.62. The number of nitrogens with zero attached hydrogens (tertiary/aromatic N) is 1. The Labute approximate surface area is 99.7 Å². The highest BCUT2D eigenvalue weighted by atomic mass is 35.5. The first-order chi connectivity index (χ1) is 7.56. The number of hydrogen-bond acceptors (Lipinski definition) is 3. The van der Waals surface area contributed by atoms with Crippen molar-refractivity contribution in [2.24, 2.45) is 0 Å². The van der Waals surface area contributed by atoms with Gasteiger partial charge in [0.25, 0.3) is 5.91 Å². The third-order valence-corrected chi connectivity index (χ3v) is 2.38. The van der Waals surface area contributed by atoms with Crippen molar-refractivity contribution in [2.75, 3.05) is 14.2 Å². The van der Waals surface area contributed by atoms with Crippen molar-refractivity contribution in [3.63, 3.8) is 0 Å². The van der Waals surface area contributed by atoms with Gasteiger partial charge in [0.05, 0.1) is 12.1 Å². The summed E-state index contributed by atoms with van der Waals surface area (Å²) >= 11 is 5.91. The number of halogens is 1. The minimum Gasteiger partial charge on any atom is -0.479 e. The number of rotatable bonds is 4. The van der Waals surface area contributed by atoms with Crippen molar-refractivity contribution in [1.29, 1.82) is 0 Å². The molecular formula is C11H14ClNO3. The maximum Gasteiger partial charge on any atom is 0.286 e. The van der Waals surface area contributed by atoms with Gasteiger partial charge in [-0.15, -0.1) is 0 Å². The van der Waals surface area contributed by atoms with E-state index >= 15 is 0 Å². The molecule has 0 radical (unpaired) electrons. The van der Waals surface area contributed by atoms with Crippen LogP contribution in [0.5, 0.6) is 5.75 Å². The monoisotopic (exact) mass is 243 g/mol. The molecule has 1 unspecified atom stereocenters. The summed E-state index contributed by atoms with van der Waals surface area (Å²) in [5.74, 6) is 0.205. The van der Waals surface area contributed by atoms with Crippen molar-refractivity contribution in [2.45, 2.75) is 13.0 Å². The van der Waals surface area contributed by atoms with E-state index in [1.54, 1.807) is 31.2 Å². The number of carbonyl (C=O) groups is 1. The van der Waals surface area contributed by atoms with E-state index in [-0.39, 0.29) is 5.91 Å². The van der Waals surface area contributed by atoms with E-state index in [2.05, 4.69) is 0 Å². The maximum atomic E-state index is 11.6. The molecule has 1 atom stereocenters. The molecule has 88 valence electrons. The Bertz CT molecular complexity index is 370. The summed E-state index contributed by atoms with van der Waals surface area (Å²) in [4.78, 5) is 16.4. The van der Waals surface area contributed by atoms with Gasteiger partial charge in [-0.3, -0.25) is 9.63 Å². The molecular weight excluding hydrogens is 230 g/mol. The first kappa shape index (κ1) is 12.8.